The summed E-state index contributed by atoms with van der Waals surface area (Å²) in [4.78, 5) is 23.2. The second-order valence-electron chi connectivity index (χ2n) is 4.76. The molecule has 0 saturated heterocycles. The van der Waals surface area contributed by atoms with Crippen LogP contribution in [0, 0.1) is 0 Å². The molecule has 2 unspecified atom stereocenters. The molecule has 21 heavy (non-hydrogen) atoms. The van der Waals surface area contributed by atoms with Gasteiger partial charge in [-0.1, -0.05) is 25.5 Å². The molecule has 116 valence electrons. The number of methoxy groups -OCH3 is 1. The summed E-state index contributed by atoms with van der Waals surface area (Å²) in [5, 5.41) is 14.6. The zero-order chi connectivity index (χ0) is 15.8. The van der Waals surface area contributed by atoms with Gasteiger partial charge in [0.1, 0.15) is 11.8 Å². The number of amides is 1. The van der Waals surface area contributed by atoms with Crippen molar-refractivity contribution in [3.05, 3.63) is 24.3 Å². The van der Waals surface area contributed by atoms with E-state index in [9.17, 15) is 9.59 Å². The Morgan fingerprint density at radius 1 is 1.33 bits per heavy atom. The van der Waals surface area contributed by atoms with Gasteiger partial charge >= 0.3 is 5.97 Å². The molecule has 3 N–H and O–H groups in total. The Hall–Kier alpha value is -2.08. The van der Waals surface area contributed by atoms with E-state index in [2.05, 4.69) is 10.6 Å². The van der Waals surface area contributed by atoms with Crippen molar-refractivity contribution in [2.45, 2.75) is 38.8 Å². The molecule has 6 nitrogen and oxygen atoms in total. The smallest absolute Gasteiger partial charge is 0.320 e. The number of nitrogens with one attached hydrogen (secondary N) is 2. The molecule has 1 rings (SSSR count). The van der Waals surface area contributed by atoms with Crippen LogP contribution in [0.4, 0.5) is 5.69 Å². The zero-order valence-electron chi connectivity index (χ0n) is 12.6. The normalized spacial score (nSPS) is 13.3. The highest BCUT2D eigenvalue weighted by Crippen LogP contribution is 2.23. The van der Waals surface area contributed by atoms with Crippen molar-refractivity contribution < 1.29 is 19.4 Å². The fourth-order valence-corrected chi connectivity index (χ4v) is 1.93. The van der Waals surface area contributed by atoms with Gasteiger partial charge in [0.25, 0.3) is 0 Å². The molecule has 0 aliphatic carbocycles. The molecule has 0 aliphatic rings. The summed E-state index contributed by atoms with van der Waals surface area (Å²) in [7, 11) is 1.52. The first-order valence-corrected chi connectivity index (χ1v) is 6.92. The number of carbonyl (C=O) groups is 2. The van der Waals surface area contributed by atoms with Crippen LogP contribution in [0.5, 0.6) is 5.75 Å². The van der Waals surface area contributed by atoms with E-state index in [1.165, 1.54) is 7.11 Å². The number of hydrogen-bond acceptors (Lipinski definition) is 4. The summed E-state index contributed by atoms with van der Waals surface area (Å²) in [5.74, 6) is -0.697. The lowest BCUT2D eigenvalue weighted by molar-refractivity contribution is -0.140. The molecule has 0 radical (unpaired) electrons. The number of para-hydroxylation sites is 2. The minimum absolute atomic E-state index is 0.304. The fourth-order valence-electron chi connectivity index (χ4n) is 1.93. The van der Waals surface area contributed by atoms with Gasteiger partial charge in [-0.3, -0.25) is 14.9 Å². The van der Waals surface area contributed by atoms with Crippen LogP contribution in [-0.2, 0) is 9.59 Å². The first kappa shape index (κ1) is 17.0. The first-order chi connectivity index (χ1) is 9.99. The van der Waals surface area contributed by atoms with E-state index in [0.717, 1.165) is 6.42 Å². The van der Waals surface area contributed by atoms with Crippen molar-refractivity contribution in [3.8, 4) is 5.75 Å². The van der Waals surface area contributed by atoms with Crippen molar-refractivity contribution in [2.24, 2.45) is 0 Å². The molecule has 1 amide bonds. The first-order valence-electron chi connectivity index (χ1n) is 6.92. The zero-order valence-corrected chi connectivity index (χ0v) is 12.6. The van der Waals surface area contributed by atoms with Crippen LogP contribution in [-0.4, -0.2) is 36.2 Å². The van der Waals surface area contributed by atoms with E-state index in [4.69, 9.17) is 9.84 Å². The van der Waals surface area contributed by atoms with E-state index in [-0.39, 0.29) is 5.91 Å². The quantitative estimate of drug-likeness (QED) is 0.681. The average Bonchev–Trinajstić information content (AvgIpc) is 2.47. The Morgan fingerprint density at radius 2 is 2.00 bits per heavy atom. The molecule has 0 fully saturated rings. The third-order valence-electron chi connectivity index (χ3n) is 3.08. The molecule has 6 heteroatoms. The van der Waals surface area contributed by atoms with Gasteiger partial charge in [0.05, 0.1) is 18.8 Å². The van der Waals surface area contributed by atoms with Gasteiger partial charge in [-0.05, 0) is 25.5 Å². The lowest BCUT2D eigenvalue weighted by Gasteiger charge is -2.20. The Morgan fingerprint density at radius 3 is 2.57 bits per heavy atom. The van der Waals surface area contributed by atoms with Crippen LogP contribution in [0.15, 0.2) is 24.3 Å². The topological polar surface area (TPSA) is 87.7 Å². The second-order valence-corrected chi connectivity index (χ2v) is 4.76. The Balaban J connectivity index is 2.68. The van der Waals surface area contributed by atoms with Crippen molar-refractivity contribution in [1.82, 2.24) is 5.32 Å². The Labute approximate surface area is 124 Å². The summed E-state index contributed by atoms with van der Waals surface area (Å²) >= 11 is 0. The highest BCUT2D eigenvalue weighted by atomic mass is 16.5. The van der Waals surface area contributed by atoms with Crippen molar-refractivity contribution >= 4 is 17.6 Å². The molecule has 0 aromatic heterocycles. The Kier molecular flexibility index (Phi) is 6.68. The van der Waals surface area contributed by atoms with Crippen molar-refractivity contribution in [1.29, 1.82) is 0 Å². The number of ether oxygens (including phenoxy) is 1. The van der Waals surface area contributed by atoms with Crippen LogP contribution >= 0.6 is 0 Å². The van der Waals surface area contributed by atoms with Gasteiger partial charge < -0.3 is 15.2 Å². The summed E-state index contributed by atoms with van der Waals surface area (Å²) < 4.78 is 5.15. The molecular weight excluding hydrogens is 272 g/mol. The molecule has 0 saturated carbocycles. The maximum Gasteiger partial charge on any atom is 0.320 e. The minimum Gasteiger partial charge on any atom is -0.495 e. The van der Waals surface area contributed by atoms with Crippen molar-refractivity contribution in [3.63, 3.8) is 0 Å². The molecule has 0 aliphatic heterocycles. The monoisotopic (exact) mass is 294 g/mol. The van der Waals surface area contributed by atoms with E-state index >= 15 is 0 Å². The SMILES string of the molecule is CCCC(NC(C)C(=O)Nc1ccccc1OC)C(=O)O. The van der Waals surface area contributed by atoms with Gasteiger partial charge in [-0.2, -0.15) is 0 Å². The van der Waals surface area contributed by atoms with Crippen LogP contribution in [0.2, 0.25) is 0 Å². The molecule has 2 atom stereocenters. The van der Waals surface area contributed by atoms with Gasteiger partial charge in [0.2, 0.25) is 5.91 Å². The molecule has 1 aromatic carbocycles. The van der Waals surface area contributed by atoms with Gasteiger partial charge in [0.15, 0.2) is 0 Å². The minimum atomic E-state index is -0.950. The highest BCUT2D eigenvalue weighted by Gasteiger charge is 2.22. The number of rotatable bonds is 8. The number of hydrogen-bond donors (Lipinski definition) is 3. The maximum absolute atomic E-state index is 12.1. The Bertz CT molecular complexity index is 490. The van der Waals surface area contributed by atoms with Gasteiger partial charge in [-0.15, -0.1) is 0 Å². The van der Waals surface area contributed by atoms with E-state index < -0.39 is 18.1 Å². The second kappa shape index (κ2) is 8.26. The maximum atomic E-state index is 12.1. The number of carboxylic acids is 1. The van der Waals surface area contributed by atoms with Crippen LogP contribution < -0.4 is 15.4 Å². The third kappa shape index (κ3) is 5.07. The van der Waals surface area contributed by atoms with Gasteiger partial charge in [0, 0.05) is 0 Å². The number of carboxylic acid groups (broad SMARTS) is 1. The van der Waals surface area contributed by atoms with Gasteiger partial charge in [-0.25, -0.2) is 0 Å². The number of aliphatic carboxylic acids is 1. The summed E-state index contributed by atoms with van der Waals surface area (Å²) in [6, 6.07) is 5.70. The standard InChI is InChI=1S/C15H22N2O4/c1-4-7-12(15(19)20)16-10(2)14(18)17-11-8-5-6-9-13(11)21-3/h5-6,8-10,12,16H,4,7H2,1-3H3,(H,17,18)(H,19,20). The van der Waals surface area contributed by atoms with Crippen LogP contribution in [0.25, 0.3) is 0 Å². The highest BCUT2D eigenvalue weighted by molar-refractivity contribution is 5.96. The predicted molar refractivity (Wildman–Crippen MR) is 80.6 cm³/mol. The molecule has 0 bridgehead atoms. The predicted octanol–water partition coefficient (Wildman–Crippen LogP) is 1.87. The number of anilines is 1. The third-order valence-corrected chi connectivity index (χ3v) is 3.08. The summed E-state index contributed by atoms with van der Waals surface area (Å²) in [6.07, 6.45) is 1.20. The average molecular weight is 294 g/mol. The molecule has 0 heterocycles. The lowest BCUT2D eigenvalue weighted by Crippen LogP contribution is -2.47. The van der Waals surface area contributed by atoms with E-state index in [0.29, 0.717) is 17.9 Å². The fraction of sp³-hybridized carbons (Fsp3) is 0.467. The molecule has 1 aromatic rings. The summed E-state index contributed by atoms with van der Waals surface area (Å²) in [6.45, 7) is 3.54. The van der Waals surface area contributed by atoms with E-state index in [1.807, 2.05) is 6.92 Å². The van der Waals surface area contributed by atoms with Crippen LogP contribution in [0.3, 0.4) is 0 Å². The largest absolute Gasteiger partial charge is 0.495 e. The lowest BCUT2D eigenvalue weighted by atomic mass is 10.1. The van der Waals surface area contributed by atoms with E-state index in [1.54, 1.807) is 31.2 Å². The number of carbonyl (C=O) groups excluding carboxylic acids is 1. The summed E-state index contributed by atoms with van der Waals surface area (Å²) in [5.41, 5.74) is 0.556. The number of benzene rings is 1. The van der Waals surface area contributed by atoms with Crippen LogP contribution in [0.1, 0.15) is 26.7 Å². The molecule has 0 spiro atoms. The van der Waals surface area contributed by atoms with Crippen molar-refractivity contribution in [2.75, 3.05) is 12.4 Å². The molecular formula is C15H22N2O4.